The summed E-state index contributed by atoms with van der Waals surface area (Å²) in [4.78, 5) is 13.0. The summed E-state index contributed by atoms with van der Waals surface area (Å²) in [6.45, 7) is 2.15. The third-order valence-electron chi connectivity index (χ3n) is 3.29. The molecule has 0 radical (unpaired) electrons. The molecule has 0 saturated heterocycles. The SMILES string of the molecule is CN(C)CCCNC1CCC(C(=O)O)CC1. The van der Waals surface area contributed by atoms with Crippen LogP contribution in [0, 0.1) is 5.92 Å². The van der Waals surface area contributed by atoms with Crippen LogP contribution in [0.4, 0.5) is 0 Å². The van der Waals surface area contributed by atoms with E-state index in [0.29, 0.717) is 6.04 Å². The van der Waals surface area contributed by atoms with Gasteiger partial charge in [-0.3, -0.25) is 4.79 Å². The highest BCUT2D eigenvalue weighted by atomic mass is 16.4. The lowest BCUT2D eigenvalue weighted by atomic mass is 9.86. The zero-order valence-corrected chi connectivity index (χ0v) is 10.4. The van der Waals surface area contributed by atoms with Crippen LogP contribution in [0.3, 0.4) is 0 Å². The molecule has 1 fully saturated rings. The van der Waals surface area contributed by atoms with Crippen molar-refractivity contribution in [2.75, 3.05) is 27.2 Å². The van der Waals surface area contributed by atoms with Crippen molar-refractivity contribution in [3.63, 3.8) is 0 Å². The van der Waals surface area contributed by atoms with Gasteiger partial charge in [0.05, 0.1) is 5.92 Å². The quantitative estimate of drug-likeness (QED) is 0.670. The lowest BCUT2D eigenvalue weighted by Gasteiger charge is -2.27. The molecule has 0 atom stereocenters. The highest BCUT2D eigenvalue weighted by Crippen LogP contribution is 2.24. The Morgan fingerprint density at radius 1 is 1.31 bits per heavy atom. The minimum Gasteiger partial charge on any atom is -0.481 e. The van der Waals surface area contributed by atoms with Crippen LogP contribution in [-0.4, -0.2) is 49.2 Å². The second kappa shape index (κ2) is 6.86. The molecule has 0 aromatic rings. The Labute approximate surface area is 98.0 Å². The summed E-state index contributed by atoms with van der Waals surface area (Å²) in [6.07, 6.45) is 4.85. The zero-order chi connectivity index (χ0) is 12.0. The summed E-state index contributed by atoms with van der Waals surface area (Å²) < 4.78 is 0. The van der Waals surface area contributed by atoms with E-state index in [9.17, 15) is 4.79 Å². The van der Waals surface area contributed by atoms with Gasteiger partial charge in [0.1, 0.15) is 0 Å². The van der Waals surface area contributed by atoms with Gasteiger partial charge in [-0.1, -0.05) is 0 Å². The molecule has 1 aliphatic carbocycles. The van der Waals surface area contributed by atoms with Gasteiger partial charge in [0, 0.05) is 6.04 Å². The van der Waals surface area contributed by atoms with Gasteiger partial charge in [-0.2, -0.15) is 0 Å². The first kappa shape index (κ1) is 13.5. The van der Waals surface area contributed by atoms with Gasteiger partial charge in [-0.25, -0.2) is 0 Å². The number of carbonyl (C=O) groups is 1. The number of hydrogen-bond acceptors (Lipinski definition) is 3. The summed E-state index contributed by atoms with van der Waals surface area (Å²) in [5.74, 6) is -0.717. The molecule has 0 spiro atoms. The van der Waals surface area contributed by atoms with E-state index in [2.05, 4.69) is 24.3 Å². The van der Waals surface area contributed by atoms with Crippen LogP contribution in [-0.2, 0) is 4.79 Å². The highest BCUT2D eigenvalue weighted by molar-refractivity contribution is 5.70. The Kier molecular flexibility index (Phi) is 5.77. The molecule has 0 aliphatic heterocycles. The average Bonchev–Trinajstić information content (AvgIpc) is 2.25. The smallest absolute Gasteiger partial charge is 0.306 e. The molecule has 1 aliphatic rings. The highest BCUT2D eigenvalue weighted by Gasteiger charge is 2.25. The molecule has 0 amide bonds. The molecular weight excluding hydrogens is 204 g/mol. The average molecular weight is 228 g/mol. The predicted octanol–water partition coefficient (Wildman–Crippen LogP) is 1.17. The third-order valence-corrected chi connectivity index (χ3v) is 3.29. The van der Waals surface area contributed by atoms with Crippen molar-refractivity contribution in [2.24, 2.45) is 5.92 Å². The van der Waals surface area contributed by atoms with Crippen molar-refractivity contribution >= 4 is 5.97 Å². The maximum Gasteiger partial charge on any atom is 0.306 e. The van der Waals surface area contributed by atoms with Crippen LogP contribution in [0.5, 0.6) is 0 Å². The molecule has 0 aromatic heterocycles. The van der Waals surface area contributed by atoms with E-state index in [4.69, 9.17) is 5.11 Å². The largest absolute Gasteiger partial charge is 0.481 e. The van der Waals surface area contributed by atoms with E-state index in [1.807, 2.05) is 0 Å². The monoisotopic (exact) mass is 228 g/mol. The van der Waals surface area contributed by atoms with Gasteiger partial charge in [-0.15, -0.1) is 0 Å². The van der Waals surface area contributed by atoms with Crippen molar-refractivity contribution < 1.29 is 9.90 Å². The maximum atomic E-state index is 10.8. The Morgan fingerprint density at radius 3 is 2.44 bits per heavy atom. The fourth-order valence-electron chi connectivity index (χ4n) is 2.25. The van der Waals surface area contributed by atoms with Crippen LogP contribution in [0.25, 0.3) is 0 Å². The summed E-state index contributed by atoms with van der Waals surface area (Å²) in [5, 5.41) is 12.4. The van der Waals surface area contributed by atoms with E-state index in [1.165, 1.54) is 0 Å². The first-order valence-corrected chi connectivity index (χ1v) is 6.20. The standard InChI is InChI=1S/C12H24N2O2/c1-14(2)9-3-8-13-11-6-4-10(5-7-11)12(15)16/h10-11,13H,3-9H2,1-2H3,(H,15,16). The van der Waals surface area contributed by atoms with E-state index in [0.717, 1.165) is 45.2 Å². The Balaban J connectivity index is 2.06. The van der Waals surface area contributed by atoms with Crippen molar-refractivity contribution in [1.29, 1.82) is 0 Å². The molecule has 2 N–H and O–H groups in total. The lowest BCUT2D eigenvalue weighted by Crippen LogP contribution is -2.36. The first-order valence-electron chi connectivity index (χ1n) is 6.20. The minimum atomic E-state index is -0.619. The molecule has 4 heteroatoms. The summed E-state index contributed by atoms with van der Waals surface area (Å²) in [6, 6.07) is 0.540. The number of hydrogen-bond donors (Lipinski definition) is 2. The second-order valence-corrected chi connectivity index (χ2v) is 5.00. The number of aliphatic carboxylic acids is 1. The predicted molar refractivity (Wildman–Crippen MR) is 64.6 cm³/mol. The molecule has 16 heavy (non-hydrogen) atoms. The Hall–Kier alpha value is -0.610. The normalized spacial score (nSPS) is 25.9. The van der Waals surface area contributed by atoms with Crippen LogP contribution in [0.15, 0.2) is 0 Å². The fraction of sp³-hybridized carbons (Fsp3) is 0.917. The molecule has 0 aromatic carbocycles. The number of nitrogens with zero attached hydrogens (tertiary/aromatic N) is 1. The summed E-state index contributed by atoms with van der Waals surface area (Å²) in [5.41, 5.74) is 0. The maximum absolute atomic E-state index is 10.8. The molecule has 1 rings (SSSR count). The van der Waals surface area contributed by atoms with Crippen LogP contribution >= 0.6 is 0 Å². The van der Waals surface area contributed by atoms with E-state index in [1.54, 1.807) is 0 Å². The number of rotatable bonds is 6. The topological polar surface area (TPSA) is 52.6 Å². The van der Waals surface area contributed by atoms with Crippen molar-refractivity contribution in [1.82, 2.24) is 10.2 Å². The molecule has 94 valence electrons. The minimum absolute atomic E-state index is 0.0974. The fourth-order valence-corrected chi connectivity index (χ4v) is 2.25. The van der Waals surface area contributed by atoms with Crippen molar-refractivity contribution in [3.05, 3.63) is 0 Å². The molecule has 4 nitrogen and oxygen atoms in total. The number of carboxylic acids is 1. The summed E-state index contributed by atoms with van der Waals surface area (Å²) in [7, 11) is 4.16. The third kappa shape index (κ3) is 4.94. The van der Waals surface area contributed by atoms with Gasteiger partial charge in [-0.05, 0) is 59.3 Å². The van der Waals surface area contributed by atoms with Gasteiger partial charge < -0.3 is 15.3 Å². The second-order valence-electron chi connectivity index (χ2n) is 5.00. The first-order chi connectivity index (χ1) is 7.59. The molecule has 0 heterocycles. The zero-order valence-electron chi connectivity index (χ0n) is 10.4. The summed E-state index contributed by atoms with van der Waals surface area (Å²) >= 11 is 0. The van der Waals surface area contributed by atoms with Crippen molar-refractivity contribution in [2.45, 2.75) is 38.1 Å². The number of carboxylic acid groups (broad SMARTS) is 1. The van der Waals surface area contributed by atoms with E-state index < -0.39 is 5.97 Å². The molecule has 0 unspecified atom stereocenters. The van der Waals surface area contributed by atoms with E-state index >= 15 is 0 Å². The van der Waals surface area contributed by atoms with E-state index in [-0.39, 0.29) is 5.92 Å². The Bertz CT molecular complexity index is 211. The molecule has 1 saturated carbocycles. The van der Waals surface area contributed by atoms with Crippen LogP contribution in [0.2, 0.25) is 0 Å². The lowest BCUT2D eigenvalue weighted by molar-refractivity contribution is -0.142. The van der Waals surface area contributed by atoms with Crippen LogP contribution < -0.4 is 5.32 Å². The Morgan fingerprint density at radius 2 is 1.94 bits per heavy atom. The van der Waals surface area contributed by atoms with Gasteiger partial charge in [0.2, 0.25) is 0 Å². The van der Waals surface area contributed by atoms with Crippen molar-refractivity contribution in [3.8, 4) is 0 Å². The molecular formula is C12H24N2O2. The van der Waals surface area contributed by atoms with Gasteiger partial charge >= 0.3 is 5.97 Å². The van der Waals surface area contributed by atoms with Gasteiger partial charge in [0.25, 0.3) is 0 Å². The van der Waals surface area contributed by atoms with Gasteiger partial charge in [0.15, 0.2) is 0 Å². The van der Waals surface area contributed by atoms with Crippen LogP contribution in [0.1, 0.15) is 32.1 Å². The molecule has 0 bridgehead atoms. The number of nitrogens with one attached hydrogen (secondary N) is 1.